The van der Waals surface area contributed by atoms with Crippen molar-refractivity contribution in [3.05, 3.63) is 88.0 Å². The zero-order chi connectivity index (χ0) is 26.1. The fourth-order valence-corrected chi connectivity index (χ4v) is 4.99. The second-order valence-electron chi connectivity index (χ2n) is 8.60. The summed E-state index contributed by atoms with van der Waals surface area (Å²) in [6, 6.07) is 11.8. The standard InChI is InChI=1S/C27H23Cl2FN4O3/c1-15(22-20(28)7-8-21(30)23(22)29)37-25-24-18(13-32-26(25)31)19(14-36-24)16-9-11-34(12-10-16)27(35)33-17-5-3-2-4-6-17/h2-9,13-15H,10-12H2,1H3,(H2,31,32)(H,33,35). The summed E-state index contributed by atoms with van der Waals surface area (Å²) in [5.74, 6) is -0.268. The summed E-state index contributed by atoms with van der Waals surface area (Å²) >= 11 is 12.4. The number of carbonyl (C=O) groups is 1. The van der Waals surface area contributed by atoms with Crippen LogP contribution in [-0.4, -0.2) is 29.0 Å². The molecule has 37 heavy (non-hydrogen) atoms. The van der Waals surface area contributed by atoms with Crippen LogP contribution in [0.15, 0.2) is 65.4 Å². The van der Waals surface area contributed by atoms with Crippen LogP contribution in [-0.2, 0) is 0 Å². The molecule has 3 N–H and O–H groups in total. The van der Waals surface area contributed by atoms with Crippen molar-refractivity contribution in [3.8, 4) is 5.75 Å². The van der Waals surface area contributed by atoms with Gasteiger partial charge in [-0.2, -0.15) is 0 Å². The van der Waals surface area contributed by atoms with Crippen LogP contribution in [0.3, 0.4) is 0 Å². The molecular formula is C27H23Cl2FN4O3. The highest BCUT2D eigenvalue weighted by Gasteiger charge is 2.25. The van der Waals surface area contributed by atoms with Crippen molar-refractivity contribution < 1.29 is 18.3 Å². The van der Waals surface area contributed by atoms with Crippen LogP contribution < -0.4 is 15.8 Å². The number of furan rings is 1. The number of nitrogens with two attached hydrogens (primary N) is 1. The molecule has 1 aliphatic rings. The smallest absolute Gasteiger partial charge is 0.322 e. The predicted molar refractivity (Wildman–Crippen MR) is 144 cm³/mol. The molecule has 2 amide bonds. The van der Waals surface area contributed by atoms with Gasteiger partial charge in [0.25, 0.3) is 0 Å². The molecule has 0 radical (unpaired) electrons. The second-order valence-corrected chi connectivity index (χ2v) is 9.39. The maximum Gasteiger partial charge on any atom is 0.322 e. The third-order valence-corrected chi connectivity index (χ3v) is 6.96. The van der Waals surface area contributed by atoms with Crippen LogP contribution >= 0.6 is 23.2 Å². The van der Waals surface area contributed by atoms with E-state index in [0.29, 0.717) is 36.0 Å². The van der Waals surface area contributed by atoms with Crippen LogP contribution in [0.25, 0.3) is 16.5 Å². The molecule has 0 saturated carbocycles. The van der Waals surface area contributed by atoms with Gasteiger partial charge in [-0.15, -0.1) is 0 Å². The number of halogens is 3. The van der Waals surface area contributed by atoms with Gasteiger partial charge in [-0.1, -0.05) is 47.5 Å². The number of nitrogen functional groups attached to an aromatic ring is 1. The second kappa shape index (κ2) is 10.3. The SMILES string of the molecule is CC(Oc1c(N)ncc2c(C3=CCN(C(=O)Nc4ccccc4)CC3)coc12)c1c(Cl)ccc(F)c1Cl. The molecule has 5 rings (SSSR count). The summed E-state index contributed by atoms with van der Waals surface area (Å²) in [6.45, 7) is 2.67. The maximum atomic E-state index is 14.1. The first-order chi connectivity index (χ1) is 17.8. The van der Waals surface area contributed by atoms with E-state index in [9.17, 15) is 9.18 Å². The van der Waals surface area contributed by atoms with Gasteiger partial charge in [-0.05, 0) is 43.2 Å². The first kappa shape index (κ1) is 24.9. The number of hydrogen-bond acceptors (Lipinski definition) is 5. The number of rotatable bonds is 5. The van der Waals surface area contributed by atoms with Crippen molar-refractivity contribution in [1.29, 1.82) is 0 Å². The van der Waals surface area contributed by atoms with Crippen molar-refractivity contribution in [2.45, 2.75) is 19.4 Å². The lowest BCUT2D eigenvalue weighted by Crippen LogP contribution is -2.37. The van der Waals surface area contributed by atoms with Gasteiger partial charge in [-0.25, -0.2) is 14.2 Å². The fraction of sp³-hybridized carbons (Fsp3) is 0.185. The highest BCUT2D eigenvalue weighted by Crippen LogP contribution is 2.41. The Balaban J connectivity index is 1.37. The first-order valence-corrected chi connectivity index (χ1v) is 12.3. The van der Waals surface area contributed by atoms with Gasteiger partial charge in [-0.3, -0.25) is 0 Å². The van der Waals surface area contributed by atoms with Crippen LogP contribution in [0.1, 0.15) is 30.6 Å². The number of hydrogen-bond donors (Lipinski definition) is 2. The van der Waals surface area contributed by atoms with E-state index in [0.717, 1.165) is 16.8 Å². The number of para-hydroxylation sites is 1. The minimum Gasteiger partial charge on any atom is -0.478 e. The lowest BCUT2D eigenvalue weighted by molar-refractivity contribution is 0.217. The van der Waals surface area contributed by atoms with Gasteiger partial charge < -0.3 is 25.1 Å². The lowest BCUT2D eigenvalue weighted by atomic mass is 9.99. The Bertz CT molecular complexity index is 1510. The molecule has 1 atom stereocenters. The van der Waals surface area contributed by atoms with E-state index in [-0.39, 0.29) is 27.6 Å². The zero-order valence-corrected chi connectivity index (χ0v) is 21.3. The van der Waals surface area contributed by atoms with Crippen molar-refractivity contribution in [3.63, 3.8) is 0 Å². The predicted octanol–water partition coefficient (Wildman–Crippen LogP) is 7.32. The maximum absolute atomic E-state index is 14.1. The summed E-state index contributed by atoms with van der Waals surface area (Å²) in [5.41, 5.74) is 9.43. The van der Waals surface area contributed by atoms with Crippen molar-refractivity contribution in [1.82, 2.24) is 9.88 Å². The summed E-state index contributed by atoms with van der Waals surface area (Å²) in [5, 5.41) is 3.76. The molecule has 0 saturated heterocycles. The Morgan fingerprint density at radius 3 is 2.76 bits per heavy atom. The molecule has 2 aromatic carbocycles. The fourth-order valence-electron chi connectivity index (χ4n) is 4.32. The summed E-state index contributed by atoms with van der Waals surface area (Å²) in [7, 11) is 0. The van der Waals surface area contributed by atoms with E-state index in [1.165, 1.54) is 12.1 Å². The number of anilines is 2. The molecule has 4 aromatic rings. The largest absolute Gasteiger partial charge is 0.478 e. The molecule has 0 bridgehead atoms. The molecule has 0 aliphatic carbocycles. The zero-order valence-electron chi connectivity index (χ0n) is 19.8. The Morgan fingerprint density at radius 1 is 1.24 bits per heavy atom. The van der Waals surface area contributed by atoms with Crippen molar-refractivity contribution >= 4 is 57.3 Å². The number of nitrogens with zero attached hydrogens (tertiary/aromatic N) is 2. The number of amides is 2. The van der Waals surface area contributed by atoms with Crippen LogP contribution in [0.4, 0.5) is 20.7 Å². The Labute approximate surface area is 222 Å². The van der Waals surface area contributed by atoms with Gasteiger partial charge >= 0.3 is 6.03 Å². The number of nitrogens with one attached hydrogen (secondary N) is 1. The molecule has 1 aliphatic heterocycles. The van der Waals surface area contributed by atoms with Crippen LogP contribution in [0, 0.1) is 5.82 Å². The lowest BCUT2D eigenvalue weighted by Gasteiger charge is -2.26. The number of ether oxygens (including phenoxy) is 1. The topological polar surface area (TPSA) is 93.6 Å². The van der Waals surface area contributed by atoms with E-state index in [1.54, 1.807) is 24.3 Å². The third-order valence-electron chi connectivity index (χ3n) is 6.25. The molecule has 3 heterocycles. The molecule has 10 heteroatoms. The van der Waals surface area contributed by atoms with Gasteiger partial charge in [0, 0.05) is 41.1 Å². The van der Waals surface area contributed by atoms with E-state index >= 15 is 0 Å². The highest BCUT2D eigenvalue weighted by molar-refractivity contribution is 6.36. The Morgan fingerprint density at radius 2 is 2.03 bits per heavy atom. The minimum absolute atomic E-state index is 0.116. The first-order valence-electron chi connectivity index (χ1n) is 11.6. The van der Waals surface area contributed by atoms with E-state index in [2.05, 4.69) is 10.3 Å². The van der Waals surface area contributed by atoms with Crippen LogP contribution in [0.5, 0.6) is 5.75 Å². The average molecular weight is 541 g/mol. The molecule has 0 fully saturated rings. The number of pyridine rings is 1. The van der Waals surface area contributed by atoms with Gasteiger partial charge in [0.15, 0.2) is 11.4 Å². The molecule has 1 unspecified atom stereocenters. The Kier molecular flexibility index (Phi) is 6.95. The normalized spacial score (nSPS) is 14.4. The minimum atomic E-state index is -0.732. The summed E-state index contributed by atoms with van der Waals surface area (Å²) < 4.78 is 26.0. The average Bonchev–Trinajstić information content (AvgIpc) is 3.33. The highest BCUT2D eigenvalue weighted by atomic mass is 35.5. The number of urea groups is 1. The van der Waals surface area contributed by atoms with Gasteiger partial charge in [0.1, 0.15) is 11.9 Å². The number of fused-ring (bicyclic) bond motifs is 1. The summed E-state index contributed by atoms with van der Waals surface area (Å²) in [4.78, 5) is 18.6. The van der Waals surface area contributed by atoms with Crippen molar-refractivity contribution in [2.24, 2.45) is 0 Å². The van der Waals surface area contributed by atoms with E-state index in [1.807, 2.05) is 36.4 Å². The number of carbonyl (C=O) groups excluding carboxylic acids is 1. The molecule has 190 valence electrons. The molecule has 2 aromatic heterocycles. The monoisotopic (exact) mass is 540 g/mol. The summed E-state index contributed by atoms with van der Waals surface area (Å²) in [6.07, 6.45) is 5.13. The number of aromatic nitrogens is 1. The Hall–Kier alpha value is -3.75. The molecule has 7 nitrogen and oxygen atoms in total. The number of benzene rings is 2. The van der Waals surface area contributed by atoms with E-state index in [4.69, 9.17) is 38.1 Å². The quantitative estimate of drug-likeness (QED) is 0.258. The third kappa shape index (κ3) is 4.95. The van der Waals surface area contributed by atoms with Crippen LogP contribution in [0.2, 0.25) is 10.0 Å². The van der Waals surface area contributed by atoms with Crippen molar-refractivity contribution in [2.75, 3.05) is 24.1 Å². The molecular weight excluding hydrogens is 518 g/mol. The van der Waals surface area contributed by atoms with Gasteiger partial charge in [0.05, 0.1) is 16.7 Å². The molecule has 0 spiro atoms. The van der Waals surface area contributed by atoms with Gasteiger partial charge in [0.2, 0.25) is 5.75 Å². The van der Waals surface area contributed by atoms with E-state index < -0.39 is 11.9 Å².